The molecule has 0 atom stereocenters. The number of benzene rings is 9. The zero-order valence-corrected chi connectivity index (χ0v) is 29.5. The van der Waals surface area contributed by atoms with Crippen LogP contribution in [-0.4, -0.2) is 0 Å². The van der Waals surface area contributed by atoms with Gasteiger partial charge in [0, 0.05) is 42.5 Å². The lowest BCUT2D eigenvalue weighted by atomic mass is 9.98. The van der Waals surface area contributed by atoms with Crippen LogP contribution in [0.1, 0.15) is 0 Å². The van der Waals surface area contributed by atoms with Crippen LogP contribution in [0.5, 0.6) is 0 Å². The van der Waals surface area contributed by atoms with Gasteiger partial charge in [-0.15, -0.1) is 11.3 Å². The van der Waals surface area contributed by atoms with Crippen LogP contribution in [0.25, 0.3) is 85.9 Å². The fraction of sp³-hybridized carbons (Fsp3) is 0. The average molecular weight is 694 g/mol. The van der Waals surface area contributed by atoms with Crippen LogP contribution >= 0.6 is 11.3 Å². The first-order valence-corrected chi connectivity index (χ1v) is 18.8. The van der Waals surface area contributed by atoms with E-state index in [0.717, 1.165) is 50.1 Å². The molecule has 0 fully saturated rings. The maximum Gasteiger partial charge on any atom is 0.145 e. The number of furan rings is 1. The van der Waals surface area contributed by atoms with E-state index in [9.17, 15) is 0 Å². The summed E-state index contributed by atoms with van der Waals surface area (Å²) in [6.07, 6.45) is 0. The molecule has 2 nitrogen and oxygen atoms in total. The van der Waals surface area contributed by atoms with E-state index in [0.29, 0.717) is 0 Å². The van der Waals surface area contributed by atoms with Crippen molar-refractivity contribution in [1.82, 2.24) is 0 Å². The van der Waals surface area contributed by atoms with E-state index in [2.05, 4.69) is 193 Å². The molecule has 0 aliphatic rings. The van der Waals surface area contributed by atoms with Crippen molar-refractivity contribution in [2.45, 2.75) is 0 Å². The lowest BCUT2D eigenvalue weighted by Crippen LogP contribution is -2.10. The first kappa shape index (κ1) is 30.0. The molecule has 11 rings (SSSR count). The maximum absolute atomic E-state index is 6.76. The topological polar surface area (TPSA) is 16.4 Å². The fourth-order valence-corrected chi connectivity index (χ4v) is 9.25. The summed E-state index contributed by atoms with van der Waals surface area (Å²) in [6.45, 7) is 0. The van der Waals surface area contributed by atoms with Crippen molar-refractivity contribution in [1.29, 1.82) is 0 Å². The molecule has 0 radical (unpaired) electrons. The third-order valence-electron chi connectivity index (χ3n) is 10.6. The monoisotopic (exact) mass is 693 g/mol. The summed E-state index contributed by atoms with van der Waals surface area (Å²) in [5.41, 5.74) is 9.73. The van der Waals surface area contributed by atoms with Gasteiger partial charge in [-0.05, 0) is 92.8 Å². The molecule has 9 aromatic carbocycles. The SMILES string of the molecule is c1ccc(-c2ccc3c(c2)sc2ccc(N(c4ccc5c(ccc6ccccc65)c4)c4ccc(-c5ccccc5)c5oc6ccccc6c45)cc23)cc1. The summed E-state index contributed by atoms with van der Waals surface area (Å²) < 4.78 is 9.32. The van der Waals surface area contributed by atoms with Crippen molar-refractivity contribution in [2.75, 3.05) is 4.90 Å². The number of thiophene rings is 1. The highest BCUT2D eigenvalue weighted by molar-refractivity contribution is 7.25. The van der Waals surface area contributed by atoms with Gasteiger partial charge >= 0.3 is 0 Å². The molecular weight excluding hydrogens is 663 g/mol. The highest BCUT2D eigenvalue weighted by Gasteiger charge is 2.23. The molecule has 2 aromatic heterocycles. The molecule has 11 aromatic rings. The van der Waals surface area contributed by atoms with Crippen LogP contribution in [0.3, 0.4) is 0 Å². The largest absolute Gasteiger partial charge is 0.455 e. The minimum Gasteiger partial charge on any atom is -0.455 e. The summed E-state index contributed by atoms with van der Waals surface area (Å²) in [5, 5.41) is 9.70. The molecule has 248 valence electrons. The summed E-state index contributed by atoms with van der Waals surface area (Å²) in [6, 6.07) is 68.0. The predicted molar refractivity (Wildman–Crippen MR) is 227 cm³/mol. The molecule has 0 spiro atoms. The number of hydrogen-bond acceptors (Lipinski definition) is 3. The van der Waals surface area contributed by atoms with E-state index in [1.54, 1.807) is 0 Å². The third kappa shape index (κ3) is 4.86. The van der Waals surface area contributed by atoms with Gasteiger partial charge in [-0.2, -0.15) is 0 Å². The molecule has 0 aliphatic carbocycles. The molecule has 2 heterocycles. The van der Waals surface area contributed by atoms with Gasteiger partial charge in [0.2, 0.25) is 0 Å². The first-order valence-electron chi connectivity index (χ1n) is 18.0. The van der Waals surface area contributed by atoms with Gasteiger partial charge in [0.05, 0.1) is 11.1 Å². The van der Waals surface area contributed by atoms with E-state index in [-0.39, 0.29) is 0 Å². The van der Waals surface area contributed by atoms with Crippen LogP contribution in [0.15, 0.2) is 192 Å². The van der Waals surface area contributed by atoms with Gasteiger partial charge in [0.25, 0.3) is 0 Å². The summed E-state index contributed by atoms with van der Waals surface area (Å²) >= 11 is 1.86. The second kappa shape index (κ2) is 11.9. The minimum atomic E-state index is 0.880. The van der Waals surface area contributed by atoms with Crippen molar-refractivity contribution >= 4 is 92.1 Å². The smallest absolute Gasteiger partial charge is 0.145 e. The highest BCUT2D eigenvalue weighted by atomic mass is 32.1. The molecule has 0 bridgehead atoms. The van der Waals surface area contributed by atoms with E-state index in [4.69, 9.17) is 4.42 Å². The Kier molecular flexibility index (Phi) is 6.76. The minimum absolute atomic E-state index is 0.880. The van der Waals surface area contributed by atoms with Crippen molar-refractivity contribution in [2.24, 2.45) is 0 Å². The number of fused-ring (bicyclic) bond motifs is 9. The van der Waals surface area contributed by atoms with Crippen molar-refractivity contribution in [3.63, 3.8) is 0 Å². The molecule has 0 amide bonds. The Balaban J connectivity index is 1.17. The second-order valence-electron chi connectivity index (χ2n) is 13.7. The normalized spacial score (nSPS) is 11.8. The molecule has 0 N–H and O–H groups in total. The lowest BCUT2D eigenvalue weighted by Gasteiger charge is -2.27. The Morgan fingerprint density at radius 2 is 1.08 bits per heavy atom. The van der Waals surface area contributed by atoms with Crippen LogP contribution < -0.4 is 4.90 Å². The van der Waals surface area contributed by atoms with Crippen molar-refractivity contribution in [3.05, 3.63) is 188 Å². The van der Waals surface area contributed by atoms with E-state index < -0.39 is 0 Å². The zero-order valence-electron chi connectivity index (χ0n) is 28.7. The van der Waals surface area contributed by atoms with Gasteiger partial charge in [-0.1, -0.05) is 133 Å². The lowest BCUT2D eigenvalue weighted by molar-refractivity contribution is 0.670. The molecule has 0 aliphatic heterocycles. The quantitative estimate of drug-likeness (QED) is 0.167. The summed E-state index contributed by atoms with van der Waals surface area (Å²) in [5.74, 6) is 0. The Morgan fingerprint density at radius 3 is 1.94 bits per heavy atom. The summed E-state index contributed by atoms with van der Waals surface area (Å²) in [7, 11) is 0. The highest BCUT2D eigenvalue weighted by Crippen LogP contribution is 2.48. The van der Waals surface area contributed by atoms with E-state index in [1.165, 1.54) is 52.8 Å². The number of anilines is 3. The van der Waals surface area contributed by atoms with Gasteiger partial charge in [-0.3, -0.25) is 0 Å². The van der Waals surface area contributed by atoms with Crippen molar-refractivity contribution in [3.8, 4) is 22.3 Å². The first-order chi connectivity index (χ1) is 26.3. The zero-order chi connectivity index (χ0) is 34.9. The number of nitrogens with zero attached hydrogens (tertiary/aromatic N) is 1. The fourth-order valence-electron chi connectivity index (χ4n) is 8.12. The standard InChI is InChI=1S/C50H31NOS/c1-3-11-32(12-4-1)35-21-24-42-44-31-38(23-28-47(44)53-48(42)30-35)51(37-22-25-40-36(29-37)20-19-34-15-7-8-16-39(34)40)45-27-26-41(33-13-5-2-6-14-33)50-49(45)43-17-9-10-18-46(43)52-50/h1-31H. The van der Waals surface area contributed by atoms with Crippen LogP contribution in [0.2, 0.25) is 0 Å². The third-order valence-corrected chi connectivity index (χ3v) is 11.8. The van der Waals surface area contributed by atoms with E-state index in [1.807, 2.05) is 11.3 Å². The molecular formula is C50H31NOS. The van der Waals surface area contributed by atoms with E-state index >= 15 is 0 Å². The van der Waals surface area contributed by atoms with Gasteiger partial charge in [-0.25, -0.2) is 0 Å². The van der Waals surface area contributed by atoms with Gasteiger partial charge in [0.15, 0.2) is 0 Å². The van der Waals surface area contributed by atoms with Crippen LogP contribution in [0, 0.1) is 0 Å². The number of para-hydroxylation sites is 1. The average Bonchev–Trinajstić information content (AvgIpc) is 3.80. The number of hydrogen-bond donors (Lipinski definition) is 0. The molecule has 3 heteroatoms. The van der Waals surface area contributed by atoms with Gasteiger partial charge in [0.1, 0.15) is 11.2 Å². The Morgan fingerprint density at radius 1 is 0.396 bits per heavy atom. The molecule has 53 heavy (non-hydrogen) atoms. The Labute approximate surface area is 310 Å². The van der Waals surface area contributed by atoms with Gasteiger partial charge < -0.3 is 9.32 Å². The molecule has 0 unspecified atom stereocenters. The molecule has 0 saturated heterocycles. The predicted octanol–water partition coefficient (Wildman–Crippen LogP) is 15.1. The van der Waals surface area contributed by atoms with Crippen LogP contribution in [-0.2, 0) is 0 Å². The number of rotatable bonds is 5. The second-order valence-corrected chi connectivity index (χ2v) is 14.8. The maximum atomic E-state index is 6.76. The van der Waals surface area contributed by atoms with Crippen molar-refractivity contribution < 1.29 is 4.42 Å². The summed E-state index contributed by atoms with van der Waals surface area (Å²) in [4.78, 5) is 2.43. The van der Waals surface area contributed by atoms with Crippen LogP contribution in [0.4, 0.5) is 17.1 Å². The Hall–Kier alpha value is -6.68. The molecule has 0 saturated carbocycles. The Bertz CT molecular complexity index is 3180.